The van der Waals surface area contributed by atoms with Crippen LogP contribution in [-0.2, 0) is 16.4 Å². The van der Waals surface area contributed by atoms with E-state index in [-0.39, 0.29) is 23.6 Å². The zero-order valence-electron chi connectivity index (χ0n) is 14.7. The first-order valence-corrected chi connectivity index (χ1v) is 9.46. The SMILES string of the molecule is COc1ccc(S(=O)(=O)NCCc2nnc(-c3ccncc3)o2)c(OC)c1. The molecule has 0 amide bonds. The van der Waals surface area contributed by atoms with Crippen LogP contribution in [0, 0.1) is 0 Å². The normalized spacial score (nSPS) is 11.3. The fourth-order valence-electron chi connectivity index (χ4n) is 2.33. The summed E-state index contributed by atoms with van der Waals surface area (Å²) in [6.45, 7) is 0.0928. The summed E-state index contributed by atoms with van der Waals surface area (Å²) in [7, 11) is -0.885. The van der Waals surface area contributed by atoms with Crippen LogP contribution in [0.3, 0.4) is 0 Å². The van der Waals surface area contributed by atoms with Crippen LogP contribution in [0.15, 0.2) is 52.0 Å². The molecule has 0 unspecified atom stereocenters. The average Bonchev–Trinajstić information content (AvgIpc) is 3.17. The topological polar surface area (TPSA) is 116 Å². The molecule has 9 nitrogen and oxygen atoms in total. The summed E-state index contributed by atoms with van der Waals surface area (Å²) in [6.07, 6.45) is 3.49. The molecule has 0 radical (unpaired) electrons. The predicted molar refractivity (Wildman–Crippen MR) is 96.0 cm³/mol. The maximum Gasteiger partial charge on any atom is 0.247 e. The number of rotatable bonds is 8. The zero-order chi connectivity index (χ0) is 19.3. The molecule has 0 bridgehead atoms. The van der Waals surface area contributed by atoms with Gasteiger partial charge in [0.2, 0.25) is 21.8 Å². The second-order valence-electron chi connectivity index (χ2n) is 5.40. The first-order valence-electron chi connectivity index (χ1n) is 7.98. The van der Waals surface area contributed by atoms with Crippen molar-refractivity contribution in [2.75, 3.05) is 20.8 Å². The van der Waals surface area contributed by atoms with Crippen LogP contribution in [0.25, 0.3) is 11.5 Å². The van der Waals surface area contributed by atoms with E-state index >= 15 is 0 Å². The predicted octanol–water partition coefficient (Wildman–Crippen LogP) is 1.67. The van der Waals surface area contributed by atoms with Crippen molar-refractivity contribution >= 4 is 10.0 Å². The first kappa shape index (κ1) is 18.8. The van der Waals surface area contributed by atoms with Gasteiger partial charge in [-0.05, 0) is 24.3 Å². The Bertz CT molecular complexity index is 1010. The number of nitrogens with zero attached hydrogens (tertiary/aromatic N) is 3. The van der Waals surface area contributed by atoms with Gasteiger partial charge in [-0.1, -0.05) is 0 Å². The van der Waals surface area contributed by atoms with Crippen LogP contribution in [0.2, 0.25) is 0 Å². The van der Waals surface area contributed by atoms with Gasteiger partial charge in [0.1, 0.15) is 16.4 Å². The minimum atomic E-state index is -3.77. The molecule has 0 fully saturated rings. The van der Waals surface area contributed by atoms with Crippen molar-refractivity contribution in [3.63, 3.8) is 0 Å². The van der Waals surface area contributed by atoms with Crippen molar-refractivity contribution in [1.29, 1.82) is 0 Å². The molecule has 3 rings (SSSR count). The minimum absolute atomic E-state index is 0.0220. The monoisotopic (exact) mass is 390 g/mol. The van der Waals surface area contributed by atoms with Crippen molar-refractivity contribution in [3.05, 3.63) is 48.6 Å². The highest BCUT2D eigenvalue weighted by atomic mass is 32.2. The molecule has 142 valence electrons. The van der Waals surface area contributed by atoms with Crippen LogP contribution >= 0.6 is 0 Å². The number of benzene rings is 1. The lowest BCUT2D eigenvalue weighted by molar-refractivity contribution is 0.386. The molecular weight excluding hydrogens is 372 g/mol. The van der Waals surface area contributed by atoms with Gasteiger partial charge in [0.25, 0.3) is 0 Å². The molecule has 0 aliphatic carbocycles. The van der Waals surface area contributed by atoms with Gasteiger partial charge >= 0.3 is 0 Å². The lowest BCUT2D eigenvalue weighted by Crippen LogP contribution is -2.26. The molecule has 2 heterocycles. The van der Waals surface area contributed by atoms with Crippen molar-refractivity contribution in [1.82, 2.24) is 19.9 Å². The molecule has 0 spiro atoms. The summed E-state index contributed by atoms with van der Waals surface area (Å²) < 4.78 is 43.3. The van der Waals surface area contributed by atoms with E-state index in [1.165, 1.54) is 26.4 Å². The minimum Gasteiger partial charge on any atom is -0.497 e. The van der Waals surface area contributed by atoms with Crippen molar-refractivity contribution < 1.29 is 22.3 Å². The molecule has 10 heteroatoms. The van der Waals surface area contributed by atoms with Gasteiger partial charge in [-0.3, -0.25) is 4.98 Å². The van der Waals surface area contributed by atoms with E-state index in [0.717, 1.165) is 5.56 Å². The van der Waals surface area contributed by atoms with Crippen molar-refractivity contribution in [3.8, 4) is 23.0 Å². The Labute approximate surface area is 156 Å². The van der Waals surface area contributed by atoms with E-state index in [1.54, 1.807) is 30.6 Å². The van der Waals surface area contributed by atoms with Gasteiger partial charge < -0.3 is 13.9 Å². The largest absolute Gasteiger partial charge is 0.497 e. The number of ether oxygens (including phenoxy) is 2. The third kappa shape index (κ3) is 4.41. The molecule has 27 heavy (non-hydrogen) atoms. The second kappa shape index (κ2) is 8.14. The molecule has 3 aromatic rings. The lowest BCUT2D eigenvalue weighted by atomic mass is 10.3. The Kier molecular flexibility index (Phi) is 5.67. The Morgan fingerprint density at radius 3 is 2.56 bits per heavy atom. The van der Waals surface area contributed by atoms with Gasteiger partial charge in [0.05, 0.1) is 14.2 Å². The molecule has 0 saturated heterocycles. The third-order valence-corrected chi connectivity index (χ3v) is 5.19. The van der Waals surface area contributed by atoms with Gasteiger partial charge in [-0.15, -0.1) is 10.2 Å². The van der Waals surface area contributed by atoms with Gasteiger partial charge in [-0.25, -0.2) is 13.1 Å². The summed E-state index contributed by atoms with van der Waals surface area (Å²) >= 11 is 0. The number of aromatic nitrogens is 3. The van der Waals surface area contributed by atoms with E-state index < -0.39 is 10.0 Å². The number of sulfonamides is 1. The van der Waals surface area contributed by atoms with Crippen molar-refractivity contribution in [2.45, 2.75) is 11.3 Å². The van der Waals surface area contributed by atoms with Crippen LogP contribution < -0.4 is 14.2 Å². The molecule has 0 aliphatic rings. The third-order valence-electron chi connectivity index (χ3n) is 3.69. The summed E-state index contributed by atoms with van der Waals surface area (Å²) in [5.41, 5.74) is 0.743. The zero-order valence-corrected chi connectivity index (χ0v) is 15.6. The first-order chi connectivity index (χ1) is 13.0. The van der Waals surface area contributed by atoms with E-state index in [2.05, 4.69) is 19.9 Å². The number of methoxy groups -OCH3 is 2. The molecule has 1 aromatic carbocycles. The highest BCUT2D eigenvalue weighted by Crippen LogP contribution is 2.28. The highest BCUT2D eigenvalue weighted by molar-refractivity contribution is 7.89. The fourth-order valence-corrected chi connectivity index (χ4v) is 3.51. The number of nitrogens with one attached hydrogen (secondary N) is 1. The molecule has 2 aromatic heterocycles. The average molecular weight is 390 g/mol. The van der Waals surface area contributed by atoms with Crippen LogP contribution in [0.4, 0.5) is 0 Å². The summed E-state index contributed by atoms with van der Waals surface area (Å²) in [5.74, 6) is 1.37. The Morgan fingerprint density at radius 1 is 1.07 bits per heavy atom. The lowest BCUT2D eigenvalue weighted by Gasteiger charge is -2.11. The maximum absolute atomic E-state index is 12.5. The summed E-state index contributed by atoms with van der Waals surface area (Å²) in [5, 5.41) is 7.88. The maximum atomic E-state index is 12.5. The quantitative estimate of drug-likeness (QED) is 0.617. The Hall–Kier alpha value is -2.98. The molecule has 0 atom stereocenters. The fraction of sp³-hybridized carbons (Fsp3) is 0.235. The van der Waals surface area contributed by atoms with E-state index in [4.69, 9.17) is 13.9 Å². The Morgan fingerprint density at radius 2 is 1.85 bits per heavy atom. The van der Waals surface area contributed by atoms with Gasteiger partial charge in [0, 0.05) is 37.0 Å². The van der Waals surface area contributed by atoms with Crippen LogP contribution in [0.5, 0.6) is 11.5 Å². The number of hydrogen-bond donors (Lipinski definition) is 1. The van der Waals surface area contributed by atoms with E-state index in [1.807, 2.05) is 0 Å². The number of pyridine rings is 1. The van der Waals surface area contributed by atoms with Crippen LogP contribution in [0.1, 0.15) is 5.89 Å². The Balaban J connectivity index is 1.66. The highest BCUT2D eigenvalue weighted by Gasteiger charge is 2.20. The smallest absolute Gasteiger partial charge is 0.247 e. The van der Waals surface area contributed by atoms with E-state index in [0.29, 0.717) is 17.5 Å². The molecule has 0 saturated carbocycles. The van der Waals surface area contributed by atoms with Crippen LogP contribution in [-0.4, -0.2) is 44.4 Å². The molecule has 1 N–H and O–H groups in total. The molecule has 0 aliphatic heterocycles. The van der Waals surface area contributed by atoms with Gasteiger partial charge in [-0.2, -0.15) is 0 Å². The summed E-state index contributed by atoms with van der Waals surface area (Å²) in [4.78, 5) is 3.95. The summed E-state index contributed by atoms with van der Waals surface area (Å²) in [6, 6.07) is 7.98. The second-order valence-corrected chi connectivity index (χ2v) is 7.14. The molecular formula is C17H18N4O5S. The number of hydrogen-bond acceptors (Lipinski definition) is 8. The standard InChI is InChI=1S/C17H18N4O5S/c1-24-13-3-4-15(14(11-13)25-2)27(22,23)19-10-7-16-20-21-17(26-16)12-5-8-18-9-6-12/h3-6,8-9,11,19H,7,10H2,1-2H3. The van der Waals surface area contributed by atoms with Crippen molar-refractivity contribution in [2.24, 2.45) is 0 Å². The van der Waals surface area contributed by atoms with Gasteiger partial charge in [0.15, 0.2) is 0 Å². The van der Waals surface area contributed by atoms with E-state index in [9.17, 15) is 8.42 Å².